The molecule has 1 aliphatic heterocycles. The molecule has 0 N–H and O–H groups in total. The topological polar surface area (TPSA) is 68.7 Å². The lowest BCUT2D eigenvalue weighted by Gasteiger charge is -2.59. The number of aromatic nitrogens is 1. The second-order valence-corrected chi connectivity index (χ2v) is 19.2. The van der Waals surface area contributed by atoms with Crippen LogP contribution in [0.15, 0.2) is 54.9 Å². The van der Waals surface area contributed by atoms with Crippen LogP contribution in [-0.2, 0) is 19.2 Å². The summed E-state index contributed by atoms with van der Waals surface area (Å²) < 4.78 is 6.12. The Bertz CT molecular complexity index is 1450. The maximum absolute atomic E-state index is 14.4. The Morgan fingerprint density at radius 1 is 0.885 bits per heavy atom. The average molecular weight is 719 g/mol. The highest BCUT2D eigenvalue weighted by atomic mass is 16.7. The van der Waals surface area contributed by atoms with Crippen LogP contribution in [0.1, 0.15) is 172 Å². The molecule has 0 amide bonds. The van der Waals surface area contributed by atoms with Crippen molar-refractivity contribution in [3.05, 3.63) is 66.0 Å². The fraction of sp³-hybridized carbons (Fsp3) is 0.717. The summed E-state index contributed by atoms with van der Waals surface area (Å²) >= 11 is 0. The Morgan fingerprint density at radius 3 is 2.02 bits per heavy atom. The quantitative estimate of drug-likeness (QED) is 0.113. The van der Waals surface area contributed by atoms with Gasteiger partial charge in [-0.3, -0.25) is 19.4 Å². The number of pyridine rings is 1. The smallest absolute Gasteiger partial charge is 0.310 e. The van der Waals surface area contributed by atoms with Gasteiger partial charge in [-0.05, 0) is 105 Å². The lowest BCUT2D eigenvalue weighted by molar-refractivity contribution is -0.347. The van der Waals surface area contributed by atoms with Crippen molar-refractivity contribution in [2.24, 2.45) is 28.1 Å². The number of carbonyl (C=O) groups is 2. The second-order valence-electron chi connectivity index (χ2n) is 19.2. The van der Waals surface area contributed by atoms with Crippen LogP contribution in [0.2, 0.25) is 0 Å². The first-order valence-electron chi connectivity index (χ1n) is 20.2. The minimum Gasteiger partial charge on any atom is -0.465 e. The predicted molar refractivity (Wildman–Crippen MR) is 215 cm³/mol. The lowest BCUT2D eigenvalue weighted by atomic mass is 9.54. The van der Waals surface area contributed by atoms with Gasteiger partial charge in [0.2, 0.25) is 0 Å². The van der Waals surface area contributed by atoms with E-state index in [-0.39, 0.29) is 40.5 Å². The molecule has 52 heavy (non-hydrogen) atoms. The predicted octanol–water partition coefficient (Wildman–Crippen LogP) is 11.7. The van der Waals surface area contributed by atoms with Crippen LogP contribution < -0.4 is 0 Å². The Labute approximate surface area is 318 Å². The van der Waals surface area contributed by atoms with E-state index < -0.39 is 22.1 Å². The highest BCUT2D eigenvalue weighted by Crippen LogP contribution is 2.57. The normalized spacial score (nSPS) is 24.0. The number of carbonyl (C=O) groups excluding carboxylic acids is 2. The molecule has 0 spiro atoms. The summed E-state index contributed by atoms with van der Waals surface area (Å²) in [6.07, 6.45) is 9.23. The van der Waals surface area contributed by atoms with E-state index >= 15 is 0 Å². The fourth-order valence-corrected chi connectivity index (χ4v) is 10.6. The number of nitrogens with zero attached hydrogens (tertiary/aromatic N) is 2. The SMILES string of the molecule is CCCCOC(=O)C(C(C)(C)CC(C)c1ccccc1)C(C)(C)CC(C)(C)C(c1ccncc1)C(C)(C)ON1C(C)(CC)CC(=O)C(C)C1(C)CC. The molecule has 292 valence electrons. The van der Waals surface area contributed by atoms with Gasteiger partial charge in [0.15, 0.2) is 0 Å². The van der Waals surface area contributed by atoms with Crippen molar-refractivity contribution >= 4 is 11.8 Å². The van der Waals surface area contributed by atoms with Gasteiger partial charge in [-0.2, -0.15) is 5.06 Å². The van der Waals surface area contributed by atoms with E-state index in [0.29, 0.717) is 18.8 Å². The molecule has 0 aliphatic carbocycles. The van der Waals surface area contributed by atoms with E-state index in [0.717, 1.165) is 44.1 Å². The zero-order valence-corrected chi connectivity index (χ0v) is 35.7. The van der Waals surface area contributed by atoms with Crippen LogP contribution in [0, 0.1) is 28.1 Å². The number of hydrogen-bond donors (Lipinski definition) is 0. The van der Waals surface area contributed by atoms with E-state index in [4.69, 9.17) is 9.57 Å². The Kier molecular flexibility index (Phi) is 14.2. The standard InChI is InChI=1S/C46H74N2O4/c1-16-19-29-51-40(50)39(41(6,7)30-33(4)35-23-21-20-22-24-35)43(10,11)32-42(8,9)38(36-25-27-47-28-26-36)44(12,13)52-48-45(14,17-2)31-37(49)34(5)46(48,15)18-3/h20-28,33-34,38-39H,16-19,29-32H2,1-15H3. The molecule has 3 rings (SSSR count). The third kappa shape index (κ3) is 9.56. The van der Waals surface area contributed by atoms with Gasteiger partial charge in [-0.15, -0.1) is 0 Å². The summed E-state index contributed by atoms with van der Waals surface area (Å²) in [7, 11) is 0. The highest BCUT2D eigenvalue weighted by Gasteiger charge is 2.57. The number of unbranched alkanes of at least 4 members (excludes halogenated alkanes) is 1. The minimum absolute atomic E-state index is 0.0828. The molecule has 1 aromatic carbocycles. The highest BCUT2D eigenvalue weighted by molar-refractivity contribution is 5.84. The summed E-state index contributed by atoms with van der Waals surface area (Å²) in [5.74, 6) is -0.0904. The first-order valence-corrected chi connectivity index (χ1v) is 20.2. The number of hydroxylamine groups is 2. The third-order valence-electron chi connectivity index (χ3n) is 12.9. The Balaban J connectivity index is 2.12. The summed E-state index contributed by atoms with van der Waals surface area (Å²) in [4.78, 5) is 39.7. The van der Waals surface area contributed by atoms with E-state index in [1.807, 2.05) is 12.4 Å². The number of hydrogen-bond acceptors (Lipinski definition) is 6. The lowest BCUT2D eigenvalue weighted by Crippen LogP contribution is -2.68. The van der Waals surface area contributed by atoms with Gasteiger partial charge in [-0.1, -0.05) is 113 Å². The van der Waals surface area contributed by atoms with Gasteiger partial charge in [-0.25, -0.2) is 0 Å². The van der Waals surface area contributed by atoms with Crippen molar-refractivity contribution in [2.45, 2.75) is 177 Å². The number of Topliss-reactive ketones (excluding diaryl/α,β-unsaturated/α-hetero) is 1. The third-order valence-corrected chi connectivity index (χ3v) is 12.9. The number of esters is 1. The van der Waals surface area contributed by atoms with Crippen LogP contribution in [0.5, 0.6) is 0 Å². The number of rotatable bonds is 18. The monoisotopic (exact) mass is 719 g/mol. The van der Waals surface area contributed by atoms with Gasteiger partial charge < -0.3 is 4.74 Å². The molecule has 1 aromatic heterocycles. The zero-order chi connectivity index (χ0) is 39.3. The van der Waals surface area contributed by atoms with Crippen molar-refractivity contribution in [3.63, 3.8) is 0 Å². The molecule has 6 unspecified atom stereocenters. The first-order chi connectivity index (χ1) is 24.0. The Hall–Kier alpha value is -2.57. The van der Waals surface area contributed by atoms with Crippen molar-refractivity contribution in [1.29, 1.82) is 0 Å². The maximum atomic E-state index is 14.4. The molecule has 0 bridgehead atoms. The number of ketones is 1. The van der Waals surface area contributed by atoms with Gasteiger partial charge in [0, 0.05) is 30.7 Å². The van der Waals surface area contributed by atoms with Gasteiger partial charge in [0.1, 0.15) is 5.78 Å². The minimum atomic E-state index is -0.692. The van der Waals surface area contributed by atoms with Crippen LogP contribution in [-0.4, -0.2) is 45.1 Å². The van der Waals surface area contributed by atoms with E-state index in [2.05, 4.69) is 156 Å². The number of benzene rings is 1. The van der Waals surface area contributed by atoms with E-state index in [1.165, 1.54) is 5.56 Å². The van der Waals surface area contributed by atoms with Crippen molar-refractivity contribution in [1.82, 2.24) is 10.0 Å². The molecule has 6 heteroatoms. The summed E-state index contributed by atoms with van der Waals surface area (Å²) in [6.45, 7) is 33.8. The van der Waals surface area contributed by atoms with Gasteiger partial charge >= 0.3 is 5.97 Å². The van der Waals surface area contributed by atoms with Gasteiger partial charge in [0.25, 0.3) is 0 Å². The summed E-state index contributed by atoms with van der Waals surface area (Å²) in [5.41, 5.74) is -0.287. The van der Waals surface area contributed by atoms with E-state index in [1.54, 1.807) is 0 Å². The summed E-state index contributed by atoms with van der Waals surface area (Å²) in [5, 5.41) is 2.23. The van der Waals surface area contributed by atoms with Crippen LogP contribution in [0.25, 0.3) is 0 Å². The van der Waals surface area contributed by atoms with Crippen LogP contribution in [0.4, 0.5) is 0 Å². The van der Waals surface area contributed by atoms with Crippen molar-refractivity contribution in [3.8, 4) is 0 Å². The Morgan fingerprint density at radius 2 is 1.48 bits per heavy atom. The molecule has 0 saturated carbocycles. The average Bonchev–Trinajstić information content (AvgIpc) is 3.05. The van der Waals surface area contributed by atoms with Crippen molar-refractivity contribution < 1.29 is 19.2 Å². The molecule has 1 aliphatic rings. The van der Waals surface area contributed by atoms with Crippen LogP contribution in [0.3, 0.4) is 0 Å². The molecular formula is C46H74N2O4. The summed E-state index contributed by atoms with van der Waals surface area (Å²) in [6, 6.07) is 14.9. The molecule has 1 fully saturated rings. The first kappa shape index (κ1) is 43.8. The number of piperidine rings is 1. The molecule has 1 saturated heterocycles. The molecule has 6 nitrogen and oxygen atoms in total. The number of ether oxygens (including phenoxy) is 1. The fourth-order valence-electron chi connectivity index (χ4n) is 10.6. The molecule has 6 atom stereocenters. The maximum Gasteiger partial charge on any atom is 0.310 e. The second kappa shape index (κ2) is 16.8. The zero-order valence-electron chi connectivity index (χ0n) is 35.7. The molecule has 0 radical (unpaired) electrons. The largest absolute Gasteiger partial charge is 0.465 e. The van der Waals surface area contributed by atoms with Gasteiger partial charge in [0.05, 0.1) is 29.2 Å². The van der Waals surface area contributed by atoms with E-state index in [9.17, 15) is 9.59 Å². The molecule has 2 aromatic rings. The molecule has 2 heterocycles. The van der Waals surface area contributed by atoms with Crippen molar-refractivity contribution in [2.75, 3.05) is 6.61 Å². The van der Waals surface area contributed by atoms with Crippen LogP contribution >= 0.6 is 0 Å². The molecular weight excluding hydrogens is 645 g/mol.